The first-order valence-electron chi connectivity index (χ1n) is 7.09. The zero-order valence-corrected chi connectivity index (χ0v) is 11.8. The van der Waals surface area contributed by atoms with E-state index < -0.39 is 12.0 Å². The van der Waals surface area contributed by atoms with Crippen molar-refractivity contribution in [3.8, 4) is 6.07 Å². The Kier molecular flexibility index (Phi) is 6.34. The second-order valence-corrected chi connectivity index (χ2v) is 5.09. The Morgan fingerprint density at radius 1 is 1.32 bits per heavy atom. The fraction of sp³-hybridized carbons (Fsp3) is 0.786. The molecule has 0 aromatic heterocycles. The number of rotatable bonds is 5. The summed E-state index contributed by atoms with van der Waals surface area (Å²) in [6.07, 6.45) is 4.54. The third-order valence-electron chi connectivity index (χ3n) is 3.45. The lowest BCUT2D eigenvalue weighted by atomic mass is 10.0. The van der Waals surface area contributed by atoms with Gasteiger partial charge in [0.2, 0.25) is 11.8 Å². The van der Waals surface area contributed by atoms with Gasteiger partial charge < -0.3 is 10.2 Å². The highest BCUT2D eigenvalue weighted by molar-refractivity contribution is 5.89. The topological polar surface area (TPSA) is 73.2 Å². The van der Waals surface area contributed by atoms with Gasteiger partial charge in [0, 0.05) is 13.1 Å². The predicted molar refractivity (Wildman–Crippen MR) is 72.0 cm³/mol. The Labute approximate surface area is 115 Å². The summed E-state index contributed by atoms with van der Waals surface area (Å²) >= 11 is 0. The molecule has 2 atom stereocenters. The van der Waals surface area contributed by atoms with Gasteiger partial charge in [-0.3, -0.25) is 9.59 Å². The highest BCUT2D eigenvalue weighted by Gasteiger charge is 2.25. The molecule has 2 unspecified atom stereocenters. The number of nitrogens with one attached hydrogen (secondary N) is 1. The number of hydrogen-bond donors (Lipinski definition) is 1. The van der Waals surface area contributed by atoms with Gasteiger partial charge in [-0.1, -0.05) is 13.3 Å². The number of amides is 2. The van der Waals surface area contributed by atoms with Gasteiger partial charge >= 0.3 is 0 Å². The normalized spacial score (nSPS) is 18.3. The largest absolute Gasteiger partial charge is 0.343 e. The molecule has 1 rings (SSSR count). The number of carbonyl (C=O) groups is 2. The average Bonchev–Trinajstić information content (AvgIpc) is 2.44. The lowest BCUT2D eigenvalue weighted by Gasteiger charge is -2.29. The van der Waals surface area contributed by atoms with Crippen LogP contribution < -0.4 is 5.32 Å². The molecule has 5 heteroatoms. The van der Waals surface area contributed by atoms with Crippen LogP contribution in [0.1, 0.15) is 46.0 Å². The van der Waals surface area contributed by atoms with Crippen LogP contribution in [0.15, 0.2) is 0 Å². The second kappa shape index (κ2) is 7.78. The number of carbonyl (C=O) groups excluding carboxylic acids is 2. The van der Waals surface area contributed by atoms with Crippen molar-refractivity contribution in [1.29, 1.82) is 5.26 Å². The number of piperidine rings is 1. The summed E-state index contributed by atoms with van der Waals surface area (Å²) in [4.78, 5) is 25.8. The molecule has 0 aromatic rings. The van der Waals surface area contributed by atoms with E-state index in [4.69, 9.17) is 5.26 Å². The number of nitriles is 1. The summed E-state index contributed by atoms with van der Waals surface area (Å²) in [5.41, 5.74) is 0. The van der Waals surface area contributed by atoms with Crippen molar-refractivity contribution < 1.29 is 9.59 Å². The lowest BCUT2D eigenvalue weighted by Crippen LogP contribution is -2.49. The van der Waals surface area contributed by atoms with Crippen molar-refractivity contribution in [2.24, 2.45) is 5.92 Å². The molecule has 0 aliphatic carbocycles. The fourth-order valence-electron chi connectivity index (χ4n) is 2.31. The third kappa shape index (κ3) is 4.55. The first kappa shape index (κ1) is 15.5. The predicted octanol–water partition coefficient (Wildman–Crippen LogP) is 1.44. The number of hydrogen-bond acceptors (Lipinski definition) is 3. The Morgan fingerprint density at radius 3 is 2.47 bits per heavy atom. The third-order valence-corrected chi connectivity index (χ3v) is 3.45. The van der Waals surface area contributed by atoms with E-state index >= 15 is 0 Å². The molecule has 1 saturated heterocycles. The standard InChI is InChI=1S/C14H23N3O2/c1-3-7-12(10-15)13(18)16-11(2)14(19)17-8-5-4-6-9-17/h11-12H,3-9H2,1-2H3,(H,16,18). The van der Waals surface area contributed by atoms with Gasteiger partial charge in [-0.2, -0.15) is 5.26 Å². The minimum atomic E-state index is -0.651. The Bertz CT molecular complexity index is 356. The van der Waals surface area contributed by atoms with Gasteiger partial charge in [0.1, 0.15) is 12.0 Å². The van der Waals surface area contributed by atoms with Crippen LogP contribution in [0.25, 0.3) is 0 Å². The van der Waals surface area contributed by atoms with Gasteiger partial charge in [-0.15, -0.1) is 0 Å². The molecule has 0 saturated carbocycles. The highest BCUT2D eigenvalue weighted by atomic mass is 16.2. The quantitative estimate of drug-likeness (QED) is 0.817. The first-order chi connectivity index (χ1) is 9.10. The average molecular weight is 265 g/mol. The van der Waals surface area contributed by atoms with E-state index in [1.807, 2.05) is 13.0 Å². The van der Waals surface area contributed by atoms with Gasteiger partial charge in [0.05, 0.1) is 6.07 Å². The van der Waals surface area contributed by atoms with Crippen molar-refractivity contribution >= 4 is 11.8 Å². The van der Waals surface area contributed by atoms with E-state index in [9.17, 15) is 9.59 Å². The molecular weight excluding hydrogens is 242 g/mol. The van der Waals surface area contributed by atoms with Crippen LogP contribution in [0.2, 0.25) is 0 Å². The van der Waals surface area contributed by atoms with Crippen LogP contribution in [0.3, 0.4) is 0 Å². The lowest BCUT2D eigenvalue weighted by molar-refractivity contribution is -0.137. The number of nitrogens with zero attached hydrogens (tertiary/aromatic N) is 2. The maximum atomic E-state index is 12.1. The Balaban J connectivity index is 2.48. The minimum Gasteiger partial charge on any atom is -0.343 e. The van der Waals surface area contributed by atoms with Crippen molar-refractivity contribution in [3.05, 3.63) is 0 Å². The highest BCUT2D eigenvalue weighted by Crippen LogP contribution is 2.11. The van der Waals surface area contributed by atoms with E-state index in [1.54, 1.807) is 11.8 Å². The molecule has 0 spiro atoms. The van der Waals surface area contributed by atoms with Crippen molar-refractivity contribution in [3.63, 3.8) is 0 Å². The van der Waals surface area contributed by atoms with E-state index in [0.717, 1.165) is 38.8 Å². The second-order valence-electron chi connectivity index (χ2n) is 5.09. The SMILES string of the molecule is CCCC(C#N)C(=O)NC(C)C(=O)N1CCCCC1. The maximum absolute atomic E-state index is 12.1. The molecule has 0 aromatic carbocycles. The van der Waals surface area contributed by atoms with Crippen LogP contribution >= 0.6 is 0 Å². The van der Waals surface area contributed by atoms with Gasteiger partial charge in [0.15, 0.2) is 0 Å². The zero-order chi connectivity index (χ0) is 14.3. The minimum absolute atomic E-state index is 0.0405. The molecule has 0 bridgehead atoms. The monoisotopic (exact) mass is 265 g/mol. The fourth-order valence-corrected chi connectivity index (χ4v) is 2.31. The molecule has 0 radical (unpaired) electrons. The van der Waals surface area contributed by atoms with Crippen LogP contribution in [-0.2, 0) is 9.59 Å². The van der Waals surface area contributed by atoms with E-state index in [2.05, 4.69) is 5.32 Å². The summed E-state index contributed by atoms with van der Waals surface area (Å²) in [6.45, 7) is 5.17. The first-order valence-corrected chi connectivity index (χ1v) is 7.09. The number of likely N-dealkylation sites (tertiary alicyclic amines) is 1. The molecule has 2 amide bonds. The molecule has 19 heavy (non-hydrogen) atoms. The Morgan fingerprint density at radius 2 is 1.95 bits per heavy atom. The van der Waals surface area contributed by atoms with E-state index in [0.29, 0.717) is 6.42 Å². The van der Waals surface area contributed by atoms with Crippen LogP contribution in [0.5, 0.6) is 0 Å². The van der Waals surface area contributed by atoms with Gasteiger partial charge in [-0.25, -0.2) is 0 Å². The molecular formula is C14H23N3O2. The summed E-state index contributed by atoms with van der Waals surface area (Å²) in [5.74, 6) is -1.02. The zero-order valence-electron chi connectivity index (χ0n) is 11.8. The molecule has 106 valence electrons. The molecule has 5 nitrogen and oxygen atoms in total. The van der Waals surface area contributed by atoms with Crippen molar-refractivity contribution in [2.45, 2.75) is 52.0 Å². The van der Waals surface area contributed by atoms with Gasteiger partial charge in [-0.05, 0) is 32.6 Å². The van der Waals surface area contributed by atoms with E-state index in [-0.39, 0.29) is 11.8 Å². The Hall–Kier alpha value is -1.57. The summed E-state index contributed by atoms with van der Waals surface area (Å²) in [7, 11) is 0. The maximum Gasteiger partial charge on any atom is 0.244 e. The summed E-state index contributed by atoms with van der Waals surface area (Å²) < 4.78 is 0. The summed E-state index contributed by atoms with van der Waals surface area (Å²) in [5, 5.41) is 11.6. The van der Waals surface area contributed by atoms with E-state index in [1.165, 1.54) is 0 Å². The van der Waals surface area contributed by atoms with Crippen molar-refractivity contribution in [1.82, 2.24) is 10.2 Å². The molecule has 1 fully saturated rings. The summed E-state index contributed by atoms with van der Waals surface area (Å²) in [6, 6.07) is 1.45. The van der Waals surface area contributed by atoms with Crippen LogP contribution in [0.4, 0.5) is 0 Å². The molecule has 1 heterocycles. The van der Waals surface area contributed by atoms with Crippen LogP contribution in [0, 0.1) is 17.2 Å². The van der Waals surface area contributed by atoms with Crippen LogP contribution in [-0.4, -0.2) is 35.8 Å². The molecule has 1 aliphatic rings. The smallest absolute Gasteiger partial charge is 0.244 e. The molecule has 1 aliphatic heterocycles. The van der Waals surface area contributed by atoms with Gasteiger partial charge in [0.25, 0.3) is 0 Å². The van der Waals surface area contributed by atoms with Crippen molar-refractivity contribution in [2.75, 3.05) is 13.1 Å². The molecule has 1 N–H and O–H groups in total.